The monoisotopic (exact) mass is 164 g/mol. The van der Waals surface area contributed by atoms with Crippen molar-refractivity contribution in [3.05, 3.63) is 35.4 Å². The highest BCUT2D eigenvalue weighted by Crippen LogP contribution is 2.21. The molecule has 0 saturated heterocycles. The zero-order valence-electron chi connectivity index (χ0n) is 6.99. The molecule has 2 nitrogen and oxygen atoms in total. The Kier molecular flexibility index (Phi) is 2.88. The van der Waals surface area contributed by atoms with Crippen LogP contribution in [0.5, 0.6) is 5.75 Å². The van der Waals surface area contributed by atoms with Gasteiger partial charge in [-0.15, -0.1) is 0 Å². The summed E-state index contributed by atoms with van der Waals surface area (Å²) in [7, 11) is 0. The zero-order chi connectivity index (χ0) is 8.97. The van der Waals surface area contributed by atoms with Crippen LogP contribution in [0.1, 0.15) is 18.1 Å². The van der Waals surface area contributed by atoms with Gasteiger partial charge in [0.05, 0.1) is 6.61 Å². The first-order valence-corrected chi connectivity index (χ1v) is 3.84. The highest BCUT2D eigenvalue weighted by molar-refractivity contribution is 5.57. The van der Waals surface area contributed by atoms with Gasteiger partial charge in [-0.05, 0) is 18.6 Å². The second-order valence-electron chi connectivity index (χ2n) is 2.50. The lowest BCUT2D eigenvalue weighted by Gasteiger charge is -2.04. The molecule has 0 radical (unpaired) electrons. The van der Waals surface area contributed by atoms with E-state index >= 15 is 0 Å². The van der Waals surface area contributed by atoms with Crippen molar-refractivity contribution in [3.63, 3.8) is 0 Å². The van der Waals surface area contributed by atoms with Crippen molar-refractivity contribution in [3.8, 4) is 5.75 Å². The van der Waals surface area contributed by atoms with Crippen molar-refractivity contribution in [2.45, 2.75) is 13.5 Å². The molecule has 0 saturated carbocycles. The number of aliphatic hydroxyl groups is 1. The Morgan fingerprint density at radius 2 is 2.17 bits per heavy atom. The minimum atomic E-state index is -0.133. The number of phenols is 1. The molecule has 1 aromatic rings. The molecule has 0 aromatic heterocycles. The Balaban J connectivity index is 3.18. The van der Waals surface area contributed by atoms with Crippen molar-refractivity contribution in [2.24, 2.45) is 0 Å². The molecular weight excluding hydrogens is 152 g/mol. The molecule has 12 heavy (non-hydrogen) atoms. The first kappa shape index (κ1) is 8.81. The summed E-state index contributed by atoms with van der Waals surface area (Å²) in [6.07, 6.45) is 3.72. The number of allylic oxidation sites excluding steroid dienone is 1. The number of aliphatic hydroxyl groups excluding tert-OH is 1. The van der Waals surface area contributed by atoms with E-state index in [0.717, 1.165) is 5.56 Å². The summed E-state index contributed by atoms with van der Waals surface area (Å²) in [4.78, 5) is 0. The number of benzene rings is 1. The first-order valence-electron chi connectivity index (χ1n) is 3.84. The van der Waals surface area contributed by atoms with E-state index in [-0.39, 0.29) is 12.4 Å². The maximum Gasteiger partial charge on any atom is 0.121 e. The third-order valence-electron chi connectivity index (χ3n) is 1.69. The van der Waals surface area contributed by atoms with Gasteiger partial charge in [-0.1, -0.05) is 24.3 Å². The number of aromatic hydroxyl groups is 1. The van der Waals surface area contributed by atoms with Crippen molar-refractivity contribution >= 4 is 6.08 Å². The maximum atomic E-state index is 9.32. The van der Waals surface area contributed by atoms with E-state index < -0.39 is 0 Å². The molecule has 0 heterocycles. The standard InChI is InChI=1S/C10H12O2/c1-2-4-8-5-3-6-10(12)9(8)7-11/h2-6,11-12H,7H2,1H3/b4-2-. The third-order valence-corrected chi connectivity index (χ3v) is 1.69. The van der Waals surface area contributed by atoms with Gasteiger partial charge >= 0.3 is 0 Å². The van der Waals surface area contributed by atoms with E-state index in [2.05, 4.69) is 0 Å². The third kappa shape index (κ3) is 1.66. The molecule has 0 atom stereocenters. The van der Waals surface area contributed by atoms with Crippen LogP contribution < -0.4 is 0 Å². The Morgan fingerprint density at radius 1 is 1.42 bits per heavy atom. The predicted molar refractivity (Wildman–Crippen MR) is 48.7 cm³/mol. The van der Waals surface area contributed by atoms with Crippen LogP contribution in [-0.4, -0.2) is 10.2 Å². The smallest absolute Gasteiger partial charge is 0.121 e. The minimum Gasteiger partial charge on any atom is -0.508 e. The Bertz CT molecular complexity index is 290. The summed E-state index contributed by atoms with van der Waals surface area (Å²) >= 11 is 0. The van der Waals surface area contributed by atoms with Crippen LogP contribution in [0.3, 0.4) is 0 Å². The molecule has 2 N–H and O–H groups in total. The quantitative estimate of drug-likeness (QED) is 0.701. The molecule has 0 aliphatic carbocycles. The summed E-state index contributed by atoms with van der Waals surface area (Å²) in [6, 6.07) is 5.17. The van der Waals surface area contributed by atoms with E-state index in [1.165, 1.54) is 0 Å². The van der Waals surface area contributed by atoms with Crippen LogP contribution >= 0.6 is 0 Å². The SMILES string of the molecule is C/C=C\c1cccc(O)c1CO. The van der Waals surface area contributed by atoms with Crippen molar-refractivity contribution in [1.29, 1.82) is 0 Å². The van der Waals surface area contributed by atoms with Gasteiger partial charge in [0.25, 0.3) is 0 Å². The van der Waals surface area contributed by atoms with Gasteiger partial charge in [-0.3, -0.25) is 0 Å². The molecular formula is C10H12O2. The fraction of sp³-hybridized carbons (Fsp3) is 0.200. The van der Waals surface area contributed by atoms with Gasteiger partial charge in [0, 0.05) is 5.56 Å². The van der Waals surface area contributed by atoms with Gasteiger partial charge < -0.3 is 10.2 Å². The molecule has 1 rings (SSSR count). The van der Waals surface area contributed by atoms with Crippen molar-refractivity contribution < 1.29 is 10.2 Å². The van der Waals surface area contributed by atoms with Gasteiger partial charge in [0.1, 0.15) is 5.75 Å². The van der Waals surface area contributed by atoms with Gasteiger partial charge in [-0.2, -0.15) is 0 Å². The van der Waals surface area contributed by atoms with Crippen LogP contribution in [0.4, 0.5) is 0 Å². The Hall–Kier alpha value is -1.28. The largest absolute Gasteiger partial charge is 0.508 e. The lowest BCUT2D eigenvalue weighted by atomic mass is 10.1. The molecule has 0 amide bonds. The van der Waals surface area contributed by atoms with Crippen molar-refractivity contribution in [1.82, 2.24) is 0 Å². The topological polar surface area (TPSA) is 40.5 Å². The fourth-order valence-electron chi connectivity index (χ4n) is 1.10. The van der Waals surface area contributed by atoms with Crippen LogP contribution in [0, 0.1) is 0 Å². The lowest BCUT2D eigenvalue weighted by Crippen LogP contribution is -1.88. The summed E-state index contributed by atoms with van der Waals surface area (Å²) < 4.78 is 0. The van der Waals surface area contributed by atoms with E-state index in [1.807, 2.05) is 25.1 Å². The predicted octanol–water partition coefficient (Wildman–Crippen LogP) is 1.92. The first-order chi connectivity index (χ1) is 5.79. The van der Waals surface area contributed by atoms with Crippen LogP contribution in [0.15, 0.2) is 24.3 Å². The maximum absolute atomic E-state index is 9.32. The number of hydrogen-bond donors (Lipinski definition) is 2. The van der Waals surface area contributed by atoms with Crippen LogP contribution in [0.25, 0.3) is 6.08 Å². The van der Waals surface area contributed by atoms with E-state index in [9.17, 15) is 5.11 Å². The molecule has 0 aliphatic rings. The molecule has 64 valence electrons. The molecule has 0 bridgehead atoms. The molecule has 1 aromatic carbocycles. The molecule has 0 spiro atoms. The molecule has 0 unspecified atom stereocenters. The van der Waals surface area contributed by atoms with Crippen LogP contribution in [0.2, 0.25) is 0 Å². The second kappa shape index (κ2) is 3.93. The van der Waals surface area contributed by atoms with Gasteiger partial charge in [0.2, 0.25) is 0 Å². The normalized spacial score (nSPS) is 10.8. The van der Waals surface area contributed by atoms with Crippen molar-refractivity contribution in [2.75, 3.05) is 0 Å². The number of hydrogen-bond acceptors (Lipinski definition) is 2. The van der Waals surface area contributed by atoms with Gasteiger partial charge in [0.15, 0.2) is 0 Å². The number of rotatable bonds is 2. The minimum absolute atomic E-state index is 0.133. The van der Waals surface area contributed by atoms with Crippen LogP contribution in [-0.2, 0) is 6.61 Å². The highest BCUT2D eigenvalue weighted by atomic mass is 16.3. The van der Waals surface area contributed by atoms with E-state index in [0.29, 0.717) is 5.56 Å². The molecule has 0 aliphatic heterocycles. The fourth-order valence-corrected chi connectivity index (χ4v) is 1.10. The second-order valence-corrected chi connectivity index (χ2v) is 2.50. The van der Waals surface area contributed by atoms with E-state index in [4.69, 9.17) is 5.11 Å². The Morgan fingerprint density at radius 3 is 2.75 bits per heavy atom. The highest BCUT2D eigenvalue weighted by Gasteiger charge is 2.02. The van der Waals surface area contributed by atoms with E-state index in [1.54, 1.807) is 12.1 Å². The lowest BCUT2D eigenvalue weighted by molar-refractivity contribution is 0.275. The average Bonchev–Trinajstić information content (AvgIpc) is 2.05. The zero-order valence-corrected chi connectivity index (χ0v) is 6.99. The van der Waals surface area contributed by atoms with Gasteiger partial charge in [-0.25, -0.2) is 0 Å². The summed E-state index contributed by atoms with van der Waals surface area (Å²) in [5.41, 5.74) is 1.44. The Labute approximate surface area is 71.8 Å². The summed E-state index contributed by atoms with van der Waals surface area (Å²) in [6.45, 7) is 1.76. The average molecular weight is 164 g/mol. The molecule has 2 heteroatoms. The summed E-state index contributed by atoms with van der Waals surface area (Å²) in [5.74, 6) is 0.146. The summed E-state index contributed by atoms with van der Waals surface area (Å²) in [5, 5.41) is 18.3. The molecule has 0 fully saturated rings.